The molecule has 0 unspecified atom stereocenters. The Balaban J connectivity index is 1.96. The van der Waals surface area contributed by atoms with Crippen molar-refractivity contribution in [3.05, 3.63) is 69.2 Å². The number of carbonyl (C=O) groups excluding carboxylic acids is 1. The van der Waals surface area contributed by atoms with Gasteiger partial charge in [-0.1, -0.05) is 29.8 Å². The van der Waals surface area contributed by atoms with Gasteiger partial charge in [0.25, 0.3) is 0 Å². The Labute approximate surface area is 198 Å². The molecule has 0 heterocycles. The number of nitrogens with zero attached hydrogens (tertiary/aromatic N) is 1. The van der Waals surface area contributed by atoms with Crippen LogP contribution in [0, 0.1) is 5.41 Å². The second-order valence-corrected chi connectivity index (χ2v) is 9.80. The largest absolute Gasteiger partial charge is 0.478 e. The molecule has 3 N–H and O–H groups in total. The molecule has 178 valence electrons. The average Bonchev–Trinajstić information content (AvgIpc) is 3.54. The van der Waals surface area contributed by atoms with Gasteiger partial charge < -0.3 is 20.1 Å². The van der Waals surface area contributed by atoms with Crippen molar-refractivity contribution in [3.63, 3.8) is 0 Å². The molecule has 2 aromatic carbocycles. The van der Waals surface area contributed by atoms with Gasteiger partial charge in [0, 0.05) is 28.1 Å². The van der Waals surface area contributed by atoms with Crippen molar-refractivity contribution in [2.45, 2.75) is 45.1 Å². The van der Waals surface area contributed by atoms with Crippen molar-refractivity contribution in [1.29, 1.82) is 0 Å². The van der Waals surface area contributed by atoms with Crippen LogP contribution in [0.2, 0.25) is 5.02 Å². The molecule has 0 aliphatic heterocycles. The highest BCUT2D eigenvalue weighted by Crippen LogP contribution is 2.46. The maximum Gasteiger partial charge on any atom is 0.336 e. The molecule has 1 atom stereocenters. The highest BCUT2D eigenvalue weighted by molar-refractivity contribution is 6.30. The second kappa shape index (κ2) is 9.91. The van der Waals surface area contributed by atoms with Gasteiger partial charge in [-0.3, -0.25) is 9.69 Å². The zero-order valence-electron chi connectivity index (χ0n) is 19.0. The van der Waals surface area contributed by atoms with Gasteiger partial charge in [-0.2, -0.15) is 0 Å². The predicted molar refractivity (Wildman–Crippen MR) is 124 cm³/mol. The van der Waals surface area contributed by atoms with Gasteiger partial charge in [-0.15, -0.1) is 0 Å². The lowest BCUT2D eigenvalue weighted by atomic mass is 9.93. The fourth-order valence-corrected chi connectivity index (χ4v) is 3.93. The van der Waals surface area contributed by atoms with Crippen molar-refractivity contribution in [2.75, 3.05) is 20.3 Å². The number of aliphatic hydroxyl groups is 2. The Morgan fingerprint density at radius 3 is 2.52 bits per heavy atom. The molecule has 7 nitrogen and oxygen atoms in total. The molecule has 8 heteroatoms. The van der Waals surface area contributed by atoms with Gasteiger partial charge >= 0.3 is 5.97 Å². The summed E-state index contributed by atoms with van der Waals surface area (Å²) in [5.41, 5.74) is 0.805. The van der Waals surface area contributed by atoms with Crippen LogP contribution in [0.25, 0.3) is 0 Å². The third kappa shape index (κ3) is 5.99. The van der Waals surface area contributed by atoms with Crippen LogP contribution in [0.5, 0.6) is 0 Å². The Hall–Kier alpha value is -2.29. The summed E-state index contributed by atoms with van der Waals surface area (Å²) in [6, 6.07) is 9.83. The molecule has 0 spiro atoms. The zero-order valence-corrected chi connectivity index (χ0v) is 19.8. The molecule has 1 aliphatic rings. The molecular weight excluding hydrogens is 446 g/mol. The molecule has 1 aliphatic carbocycles. The number of ether oxygens (including phenoxy) is 1. The monoisotopic (exact) mass is 475 g/mol. The Kier molecular flexibility index (Phi) is 7.61. The molecule has 0 saturated heterocycles. The topological polar surface area (TPSA) is 107 Å². The first kappa shape index (κ1) is 25.3. The molecule has 1 fully saturated rings. The summed E-state index contributed by atoms with van der Waals surface area (Å²) in [6.45, 7) is 3.82. The smallest absolute Gasteiger partial charge is 0.336 e. The summed E-state index contributed by atoms with van der Waals surface area (Å²) in [7, 11) is 1.78. The van der Waals surface area contributed by atoms with Crippen molar-refractivity contribution < 1.29 is 29.6 Å². The van der Waals surface area contributed by atoms with E-state index in [1.165, 1.54) is 6.07 Å². The van der Waals surface area contributed by atoms with E-state index in [9.17, 15) is 24.9 Å². The van der Waals surface area contributed by atoms with Gasteiger partial charge in [0.05, 0.1) is 24.4 Å². The molecule has 0 radical (unpaired) electrons. The van der Waals surface area contributed by atoms with Crippen LogP contribution in [0.1, 0.15) is 70.3 Å². The normalized spacial score (nSPS) is 16.0. The maximum absolute atomic E-state index is 12.0. The minimum atomic E-state index is -1.12. The lowest BCUT2D eigenvalue weighted by Crippen LogP contribution is -2.31. The molecule has 0 amide bonds. The second-order valence-electron chi connectivity index (χ2n) is 9.36. The number of aldehydes is 1. The van der Waals surface area contributed by atoms with E-state index in [-0.39, 0.29) is 24.1 Å². The minimum Gasteiger partial charge on any atom is -0.478 e. The van der Waals surface area contributed by atoms with Crippen LogP contribution in [0.4, 0.5) is 0 Å². The molecular formula is C25H30ClNO6. The van der Waals surface area contributed by atoms with Crippen LogP contribution < -0.4 is 0 Å². The number of carboxylic acids is 1. The lowest BCUT2D eigenvalue weighted by molar-refractivity contribution is -0.0780. The number of benzene rings is 2. The number of rotatable bonds is 11. The van der Waals surface area contributed by atoms with Crippen LogP contribution in [0.3, 0.4) is 0 Å². The third-order valence-corrected chi connectivity index (χ3v) is 6.38. The van der Waals surface area contributed by atoms with Crippen LogP contribution in [0.15, 0.2) is 36.4 Å². The summed E-state index contributed by atoms with van der Waals surface area (Å²) < 4.78 is 6.24. The predicted octanol–water partition coefficient (Wildman–Crippen LogP) is 4.00. The molecule has 33 heavy (non-hydrogen) atoms. The number of hydrogen-bond donors (Lipinski definition) is 3. The standard InChI is InChI=1S/C25H30ClNO6/c1-24(2,32)18-5-7-20(17(10-18)13-28)22(33-15-25(14-29)8-9-25)27(3)12-16-4-6-19(26)11-21(16)23(30)31/h4-7,10-11,13,22,29,32H,8-9,12,14-15H2,1-3H3,(H,30,31)/t22-/m1/s1. The highest BCUT2D eigenvalue weighted by Gasteiger charge is 2.43. The molecule has 3 rings (SSSR count). The molecule has 0 bridgehead atoms. The summed E-state index contributed by atoms with van der Waals surface area (Å²) in [5, 5.41) is 30.0. The highest BCUT2D eigenvalue weighted by atomic mass is 35.5. The van der Waals surface area contributed by atoms with Gasteiger partial charge in [0.2, 0.25) is 0 Å². The van der Waals surface area contributed by atoms with Gasteiger partial charge in [-0.05, 0) is 63.1 Å². The van der Waals surface area contributed by atoms with Crippen LogP contribution in [-0.4, -0.2) is 52.7 Å². The quantitative estimate of drug-likeness (QED) is 0.333. The number of hydrogen-bond acceptors (Lipinski definition) is 6. The van der Waals surface area contributed by atoms with E-state index >= 15 is 0 Å². The number of aromatic carboxylic acids is 1. The van der Waals surface area contributed by atoms with E-state index in [4.69, 9.17) is 16.3 Å². The summed E-state index contributed by atoms with van der Waals surface area (Å²) in [6.07, 6.45) is 1.76. The molecule has 2 aromatic rings. The lowest BCUT2D eigenvalue weighted by Gasteiger charge is -2.31. The SMILES string of the molecule is CN(Cc1ccc(Cl)cc1C(=O)O)[C@H](OCC1(CO)CC1)c1ccc(C(C)(C)O)cc1C=O. The maximum atomic E-state index is 12.0. The number of aliphatic hydroxyl groups excluding tert-OH is 1. The zero-order chi connectivity index (χ0) is 24.4. The summed E-state index contributed by atoms with van der Waals surface area (Å²) in [5.74, 6) is -1.08. The van der Waals surface area contributed by atoms with Gasteiger partial charge in [0.15, 0.2) is 0 Å². The average molecular weight is 476 g/mol. The fourth-order valence-electron chi connectivity index (χ4n) is 3.75. The van der Waals surface area contributed by atoms with Crippen LogP contribution >= 0.6 is 11.6 Å². The van der Waals surface area contributed by atoms with Crippen molar-refractivity contribution in [2.24, 2.45) is 5.41 Å². The number of carbonyl (C=O) groups is 2. The first-order valence-corrected chi connectivity index (χ1v) is 11.1. The summed E-state index contributed by atoms with van der Waals surface area (Å²) >= 11 is 5.99. The molecule has 0 aromatic heterocycles. The van der Waals surface area contributed by atoms with Crippen LogP contribution in [-0.2, 0) is 16.9 Å². The Morgan fingerprint density at radius 2 is 1.97 bits per heavy atom. The first-order chi connectivity index (χ1) is 15.5. The van der Waals surface area contributed by atoms with Crippen molar-refractivity contribution >= 4 is 23.9 Å². The minimum absolute atomic E-state index is 0.0158. The number of halogens is 1. The van der Waals surface area contributed by atoms with E-state index < -0.39 is 17.8 Å². The van der Waals surface area contributed by atoms with E-state index in [1.807, 2.05) is 4.90 Å². The van der Waals surface area contributed by atoms with Crippen molar-refractivity contribution in [1.82, 2.24) is 4.90 Å². The van der Waals surface area contributed by atoms with E-state index in [1.54, 1.807) is 51.2 Å². The summed E-state index contributed by atoms with van der Waals surface area (Å²) in [4.78, 5) is 25.5. The molecule has 1 saturated carbocycles. The van der Waals surface area contributed by atoms with Crippen molar-refractivity contribution in [3.8, 4) is 0 Å². The Bertz CT molecular complexity index is 1030. The van der Waals surface area contributed by atoms with Gasteiger partial charge in [-0.25, -0.2) is 4.79 Å². The number of carboxylic acid groups (broad SMARTS) is 1. The Morgan fingerprint density at radius 1 is 1.27 bits per heavy atom. The van der Waals surface area contributed by atoms with E-state index in [0.717, 1.165) is 19.1 Å². The van der Waals surface area contributed by atoms with E-state index in [2.05, 4.69) is 0 Å². The van der Waals surface area contributed by atoms with Gasteiger partial charge in [0.1, 0.15) is 12.5 Å². The van der Waals surface area contributed by atoms with E-state index in [0.29, 0.717) is 33.9 Å². The third-order valence-electron chi connectivity index (χ3n) is 6.15. The fraction of sp³-hybridized carbons (Fsp3) is 0.440. The first-order valence-electron chi connectivity index (χ1n) is 10.8.